The SMILES string of the molecule is Cc1nn(CCC#N)c(C)c1CCC(=O)NCCCN1CCN(Cc2ccccc2)CC1. The van der Waals surface area contributed by atoms with Crippen LogP contribution in [0.4, 0.5) is 0 Å². The maximum absolute atomic E-state index is 12.3. The van der Waals surface area contributed by atoms with Crippen molar-refractivity contribution in [2.45, 2.75) is 52.6 Å². The minimum atomic E-state index is 0.0984. The van der Waals surface area contributed by atoms with E-state index in [1.54, 1.807) is 0 Å². The second kappa shape index (κ2) is 12.4. The van der Waals surface area contributed by atoms with Gasteiger partial charge in [-0.2, -0.15) is 10.4 Å². The number of nitrogens with one attached hydrogen (secondary N) is 1. The fourth-order valence-corrected chi connectivity index (χ4v) is 4.34. The molecule has 2 heterocycles. The first-order valence-electron chi connectivity index (χ1n) is 11.7. The van der Waals surface area contributed by atoms with Crippen LogP contribution < -0.4 is 5.32 Å². The van der Waals surface area contributed by atoms with E-state index in [2.05, 4.69) is 56.6 Å². The standard InChI is InChI=1S/C25H36N6O/c1-21-24(22(2)31(28-21)15-6-12-26)10-11-25(32)27-13-7-14-29-16-18-30(19-17-29)20-23-8-4-3-5-9-23/h3-5,8-9H,6-7,10-11,13-20H2,1-2H3,(H,27,32). The summed E-state index contributed by atoms with van der Waals surface area (Å²) in [5, 5.41) is 16.3. The summed E-state index contributed by atoms with van der Waals surface area (Å²) in [6.07, 6.45) is 2.60. The number of piperazine rings is 1. The van der Waals surface area contributed by atoms with E-state index in [-0.39, 0.29) is 5.91 Å². The van der Waals surface area contributed by atoms with Crippen molar-refractivity contribution in [1.29, 1.82) is 5.26 Å². The number of carbonyl (C=O) groups is 1. The maximum atomic E-state index is 12.3. The topological polar surface area (TPSA) is 77.2 Å². The molecule has 1 N–H and O–H groups in total. The lowest BCUT2D eigenvalue weighted by Crippen LogP contribution is -2.46. The highest BCUT2D eigenvalue weighted by molar-refractivity contribution is 5.76. The summed E-state index contributed by atoms with van der Waals surface area (Å²) < 4.78 is 1.88. The van der Waals surface area contributed by atoms with E-state index in [4.69, 9.17) is 5.26 Å². The lowest BCUT2D eigenvalue weighted by Gasteiger charge is -2.34. The van der Waals surface area contributed by atoms with Crippen LogP contribution in [0.3, 0.4) is 0 Å². The molecule has 1 saturated heterocycles. The highest BCUT2D eigenvalue weighted by Gasteiger charge is 2.17. The van der Waals surface area contributed by atoms with Crippen LogP contribution in [0, 0.1) is 25.2 Å². The molecule has 1 aromatic heterocycles. The molecular formula is C25H36N6O. The molecule has 0 bridgehead atoms. The van der Waals surface area contributed by atoms with Gasteiger partial charge in [-0.25, -0.2) is 0 Å². The minimum absolute atomic E-state index is 0.0984. The van der Waals surface area contributed by atoms with Crippen LogP contribution in [0.2, 0.25) is 0 Å². The molecule has 32 heavy (non-hydrogen) atoms. The molecule has 0 atom stereocenters. The molecule has 7 heteroatoms. The summed E-state index contributed by atoms with van der Waals surface area (Å²) in [7, 11) is 0. The molecule has 1 aliphatic rings. The van der Waals surface area contributed by atoms with Gasteiger partial charge in [0.25, 0.3) is 0 Å². The molecule has 0 saturated carbocycles. The molecule has 0 aliphatic carbocycles. The van der Waals surface area contributed by atoms with Crippen LogP contribution in [0.25, 0.3) is 0 Å². The van der Waals surface area contributed by atoms with Crippen LogP contribution >= 0.6 is 0 Å². The number of aryl methyl sites for hydroxylation is 2. The highest BCUT2D eigenvalue weighted by Crippen LogP contribution is 2.15. The lowest BCUT2D eigenvalue weighted by molar-refractivity contribution is -0.121. The van der Waals surface area contributed by atoms with E-state index in [1.807, 2.05) is 18.5 Å². The fraction of sp³-hybridized carbons (Fsp3) is 0.560. The van der Waals surface area contributed by atoms with Crippen molar-refractivity contribution in [1.82, 2.24) is 24.9 Å². The number of carbonyl (C=O) groups excluding carboxylic acids is 1. The zero-order chi connectivity index (χ0) is 22.8. The normalized spacial score (nSPS) is 14.9. The summed E-state index contributed by atoms with van der Waals surface area (Å²) in [4.78, 5) is 17.3. The first kappa shape index (κ1) is 24.0. The predicted octanol–water partition coefficient (Wildman–Crippen LogP) is 2.67. The smallest absolute Gasteiger partial charge is 0.220 e. The Hall–Kier alpha value is -2.69. The fourth-order valence-electron chi connectivity index (χ4n) is 4.34. The zero-order valence-electron chi connectivity index (χ0n) is 19.5. The third-order valence-corrected chi connectivity index (χ3v) is 6.26. The van der Waals surface area contributed by atoms with E-state index >= 15 is 0 Å². The Kier molecular flexibility index (Phi) is 9.27. The van der Waals surface area contributed by atoms with Gasteiger partial charge in [0.1, 0.15) is 0 Å². The Morgan fingerprint density at radius 3 is 2.53 bits per heavy atom. The van der Waals surface area contributed by atoms with E-state index in [1.165, 1.54) is 5.56 Å². The molecule has 3 rings (SSSR count). The van der Waals surface area contributed by atoms with Gasteiger partial charge in [-0.1, -0.05) is 30.3 Å². The number of amides is 1. The Bertz CT molecular complexity index is 893. The second-order valence-corrected chi connectivity index (χ2v) is 8.59. The number of rotatable bonds is 11. The summed E-state index contributed by atoms with van der Waals surface area (Å²) >= 11 is 0. The van der Waals surface area contributed by atoms with Crippen molar-refractivity contribution < 1.29 is 4.79 Å². The third kappa shape index (κ3) is 7.18. The highest BCUT2D eigenvalue weighted by atomic mass is 16.1. The van der Waals surface area contributed by atoms with Crippen molar-refractivity contribution >= 4 is 5.91 Å². The van der Waals surface area contributed by atoms with Gasteiger partial charge in [-0.3, -0.25) is 14.4 Å². The van der Waals surface area contributed by atoms with Crippen LogP contribution in [0.5, 0.6) is 0 Å². The molecular weight excluding hydrogens is 400 g/mol. The van der Waals surface area contributed by atoms with Gasteiger partial charge < -0.3 is 10.2 Å². The first-order chi connectivity index (χ1) is 15.6. The summed E-state index contributed by atoms with van der Waals surface area (Å²) in [5.74, 6) is 0.0984. The van der Waals surface area contributed by atoms with Crippen molar-refractivity contribution in [2.24, 2.45) is 0 Å². The largest absolute Gasteiger partial charge is 0.356 e. The molecule has 0 spiro atoms. The first-order valence-corrected chi connectivity index (χ1v) is 11.7. The number of aromatic nitrogens is 2. The van der Waals surface area contributed by atoms with Gasteiger partial charge in [0, 0.05) is 51.4 Å². The number of nitriles is 1. The molecule has 1 amide bonds. The number of nitrogens with zero attached hydrogens (tertiary/aromatic N) is 5. The molecule has 2 aromatic rings. The Morgan fingerprint density at radius 2 is 1.81 bits per heavy atom. The summed E-state index contributed by atoms with van der Waals surface area (Å²) in [6, 6.07) is 12.8. The van der Waals surface area contributed by atoms with Crippen molar-refractivity contribution in [2.75, 3.05) is 39.3 Å². The Morgan fingerprint density at radius 1 is 1.09 bits per heavy atom. The van der Waals surface area contributed by atoms with Gasteiger partial charge in [-0.05, 0) is 44.4 Å². The van der Waals surface area contributed by atoms with Crippen LogP contribution in [-0.2, 0) is 24.3 Å². The molecule has 7 nitrogen and oxygen atoms in total. The van der Waals surface area contributed by atoms with E-state index in [9.17, 15) is 4.79 Å². The quantitative estimate of drug-likeness (QED) is 0.548. The van der Waals surface area contributed by atoms with Gasteiger partial charge >= 0.3 is 0 Å². The van der Waals surface area contributed by atoms with Crippen LogP contribution in [-0.4, -0.2) is 64.8 Å². The molecule has 1 aliphatic heterocycles. The van der Waals surface area contributed by atoms with E-state index in [0.717, 1.165) is 69.2 Å². The Labute approximate surface area is 192 Å². The average Bonchev–Trinajstić information content (AvgIpc) is 3.08. The molecule has 0 unspecified atom stereocenters. The van der Waals surface area contributed by atoms with Crippen molar-refractivity contribution in [3.63, 3.8) is 0 Å². The van der Waals surface area contributed by atoms with Crippen LogP contribution in [0.1, 0.15) is 41.8 Å². The van der Waals surface area contributed by atoms with Gasteiger partial charge in [0.05, 0.1) is 24.7 Å². The number of benzene rings is 1. The zero-order valence-corrected chi connectivity index (χ0v) is 19.5. The number of hydrogen-bond donors (Lipinski definition) is 1. The van der Waals surface area contributed by atoms with E-state index in [0.29, 0.717) is 25.8 Å². The molecule has 1 aromatic carbocycles. The number of hydrogen-bond acceptors (Lipinski definition) is 5. The van der Waals surface area contributed by atoms with Gasteiger partial charge in [-0.15, -0.1) is 0 Å². The van der Waals surface area contributed by atoms with Crippen molar-refractivity contribution in [3.05, 3.63) is 52.8 Å². The molecule has 1 fully saturated rings. The van der Waals surface area contributed by atoms with E-state index < -0.39 is 0 Å². The third-order valence-electron chi connectivity index (χ3n) is 6.26. The monoisotopic (exact) mass is 436 g/mol. The van der Waals surface area contributed by atoms with Gasteiger partial charge in [0.15, 0.2) is 0 Å². The Balaban J connectivity index is 1.28. The van der Waals surface area contributed by atoms with Gasteiger partial charge in [0.2, 0.25) is 5.91 Å². The predicted molar refractivity (Wildman–Crippen MR) is 126 cm³/mol. The van der Waals surface area contributed by atoms with Crippen molar-refractivity contribution in [3.8, 4) is 6.07 Å². The van der Waals surface area contributed by atoms with Crippen LogP contribution in [0.15, 0.2) is 30.3 Å². The summed E-state index contributed by atoms with van der Waals surface area (Å²) in [6.45, 7) is 11.8. The molecule has 172 valence electrons. The maximum Gasteiger partial charge on any atom is 0.220 e. The lowest BCUT2D eigenvalue weighted by atomic mass is 10.1. The minimum Gasteiger partial charge on any atom is -0.356 e. The average molecular weight is 437 g/mol. The molecule has 0 radical (unpaired) electrons. The second-order valence-electron chi connectivity index (χ2n) is 8.59. The summed E-state index contributed by atoms with van der Waals surface area (Å²) in [5.41, 5.74) is 4.53.